The van der Waals surface area contributed by atoms with E-state index < -0.39 is 0 Å². The van der Waals surface area contributed by atoms with E-state index in [4.69, 9.17) is 0 Å². The molecule has 0 amide bonds. The lowest BCUT2D eigenvalue weighted by molar-refractivity contribution is 0.173. The first-order valence-electron chi connectivity index (χ1n) is 7.74. The number of hydrogen-bond donors (Lipinski definition) is 1. The maximum absolute atomic E-state index is 4.41. The van der Waals surface area contributed by atoms with E-state index in [0.29, 0.717) is 12.1 Å². The van der Waals surface area contributed by atoms with Gasteiger partial charge < -0.3 is 5.32 Å². The van der Waals surface area contributed by atoms with Crippen molar-refractivity contribution in [1.82, 2.24) is 24.9 Å². The number of nitrogens with zero attached hydrogens (tertiary/aromatic N) is 4. The van der Waals surface area contributed by atoms with Crippen molar-refractivity contribution in [2.45, 2.75) is 57.5 Å². The van der Waals surface area contributed by atoms with Crippen LogP contribution in [0.25, 0.3) is 5.65 Å². The first kappa shape index (κ1) is 12.3. The Morgan fingerprint density at radius 2 is 2.05 bits per heavy atom. The molecule has 2 fully saturated rings. The summed E-state index contributed by atoms with van der Waals surface area (Å²) < 4.78 is 2.04. The van der Waals surface area contributed by atoms with Crippen LogP contribution in [-0.2, 0) is 0 Å². The fraction of sp³-hybridized carbons (Fsp3) is 0.667. The topological polar surface area (TPSA) is 55.1 Å². The van der Waals surface area contributed by atoms with Crippen LogP contribution in [0.3, 0.4) is 0 Å². The zero-order valence-electron chi connectivity index (χ0n) is 11.9. The average Bonchev–Trinajstić information content (AvgIpc) is 2.89. The Balaban J connectivity index is 1.63. The molecule has 1 N–H and O–H groups in total. The third-order valence-electron chi connectivity index (χ3n) is 4.93. The van der Waals surface area contributed by atoms with Crippen LogP contribution < -0.4 is 5.32 Å². The Hall–Kier alpha value is -1.49. The monoisotopic (exact) mass is 271 g/mol. The summed E-state index contributed by atoms with van der Waals surface area (Å²) in [6.07, 6.45) is 9.81. The molecular weight excluding hydrogens is 250 g/mol. The lowest BCUT2D eigenvalue weighted by atomic mass is 9.77. The summed E-state index contributed by atoms with van der Waals surface area (Å²) in [7, 11) is 0. The highest BCUT2D eigenvalue weighted by atomic mass is 15.3. The molecule has 1 aliphatic carbocycles. The first-order valence-corrected chi connectivity index (χ1v) is 7.74. The normalized spacial score (nSPS) is 30.4. The Bertz CT molecular complexity index is 620. The van der Waals surface area contributed by atoms with Gasteiger partial charge in [-0.1, -0.05) is 12.8 Å². The molecule has 106 valence electrons. The molecule has 5 nitrogen and oxygen atoms in total. The fourth-order valence-electron chi connectivity index (χ4n) is 3.84. The zero-order valence-corrected chi connectivity index (χ0v) is 11.9. The summed E-state index contributed by atoms with van der Waals surface area (Å²) >= 11 is 0. The summed E-state index contributed by atoms with van der Waals surface area (Å²) in [5.41, 5.74) is 1.89. The van der Waals surface area contributed by atoms with E-state index in [-0.39, 0.29) is 0 Å². The van der Waals surface area contributed by atoms with E-state index in [9.17, 15) is 0 Å². The van der Waals surface area contributed by atoms with E-state index in [0.717, 1.165) is 29.5 Å². The van der Waals surface area contributed by atoms with Crippen LogP contribution in [0.2, 0.25) is 0 Å². The fourth-order valence-corrected chi connectivity index (χ4v) is 3.84. The second kappa shape index (κ2) is 4.81. The Kier molecular flexibility index (Phi) is 2.95. The van der Waals surface area contributed by atoms with Gasteiger partial charge in [0.2, 0.25) is 0 Å². The van der Waals surface area contributed by atoms with Crippen LogP contribution >= 0.6 is 0 Å². The van der Waals surface area contributed by atoms with E-state index in [1.807, 2.05) is 23.7 Å². The number of aromatic nitrogens is 4. The number of aryl methyl sites for hydroxylation is 1. The maximum Gasteiger partial charge on any atom is 0.163 e. The van der Waals surface area contributed by atoms with E-state index in [2.05, 4.69) is 20.5 Å². The smallest absolute Gasteiger partial charge is 0.163 e. The number of hydrogen-bond acceptors (Lipinski definition) is 4. The highest BCUT2D eigenvalue weighted by molar-refractivity contribution is 5.38. The molecule has 1 saturated heterocycles. The summed E-state index contributed by atoms with van der Waals surface area (Å²) in [4.78, 5) is 4.37. The number of piperidine rings is 1. The molecule has 5 heteroatoms. The molecule has 0 radical (unpaired) electrons. The van der Waals surface area contributed by atoms with Crippen LogP contribution in [-0.4, -0.2) is 25.6 Å². The van der Waals surface area contributed by atoms with Crippen molar-refractivity contribution >= 4 is 5.65 Å². The summed E-state index contributed by atoms with van der Waals surface area (Å²) in [6.45, 7) is 1.99. The van der Waals surface area contributed by atoms with Crippen LogP contribution in [0, 0.1) is 12.8 Å². The molecule has 3 unspecified atom stereocenters. The standard InChI is InChI=1S/C15H21N5/c1-10-8-14-18-19-15(20(14)9-16-10)13-7-6-11-4-2-3-5-12(11)17-13/h8-9,11-13,17H,2-7H2,1H3. The van der Waals surface area contributed by atoms with E-state index >= 15 is 0 Å². The van der Waals surface area contributed by atoms with Crippen molar-refractivity contribution in [1.29, 1.82) is 0 Å². The molecule has 2 aromatic heterocycles. The second-order valence-corrected chi connectivity index (χ2v) is 6.26. The van der Waals surface area contributed by atoms with Crippen molar-refractivity contribution < 1.29 is 0 Å². The van der Waals surface area contributed by atoms with Gasteiger partial charge in [0.1, 0.15) is 6.33 Å². The van der Waals surface area contributed by atoms with Crippen molar-refractivity contribution in [3.05, 3.63) is 23.9 Å². The maximum atomic E-state index is 4.41. The molecule has 2 aliphatic rings. The van der Waals surface area contributed by atoms with E-state index in [1.54, 1.807) is 0 Å². The molecule has 0 spiro atoms. The van der Waals surface area contributed by atoms with Crippen LogP contribution in [0.5, 0.6) is 0 Å². The van der Waals surface area contributed by atoms with Gasteiger partial charge in [-0.15, -0.1) is 10.2 Å². The largest absolute Gasteiger partial charge is 0.304 e. The quantitative estimate of drug-likeness (QED) is 0.865. The predicted molar refractivity (Wildman–Crippen MR) is 76.4 cm³/mol. The van der Waals surface area contributed by atoms with Gasteiger partial charge in [0.15, 0.2) is 11.5 Å². The van der Waals surface area contributed by atoms with Crippen molar-refractivity contribution in [3.8, 4) is 0 Å². The number of nitrogens with one attached hydrogen (secondary N) is 1. The van der Waals surface area contributed by atoms with Crippen molar-refractivity contribution in [3.63, 3.8) is 0 Å². The van der Waals surface area contributed by atoms with Gasteiger partial charge in [-0.25, -0.2) is 4.98 Å². The molecule has 20 heavy (non-hydrogen) atoms. The zero-order chi connectivity index (χ0) is 13.5. The van der Waals surface area contributed by atoms with Gasteiger partial charge in [0.25, 0.3) is 0 Å². The number of fused-ring (bicyclic) bond motifs is 2. The highest BCUT2D eigenvalue weighted by Gasteiger charge is 2.33. The molecule has 0 aromatic carbocycles. The molecule has 1 aliphatic heterocycles. The lowest BCUT2D eigenvalue weighted by Gasteiger charge is -2.39. The molecule has 3 heterocycles. The van der Waals surface area contributed by atoms with Gasteiger partial charge in [-0.2, -0.15) is 0 Å². The van der Waals surface area contributed by atoms with E-state index in [1.165, 1.54) is 32.1 Å². The third-order valence-corrected chi connectivity index (χ3v) is 4.93. The van der Waals surface area contributed by atoms with Crippen molar-refractivity contribution in [2.24, 2.45) is 5.92 Å². The summed E-state index contributed by atoms with van der Waals surface area (Å²) in [6, 6.07) is 2.99. The Morgan fingerprint density at radius 3 is 3.00 bits per heavy atom. The van der Waals surface area contributed by atoms with Gasteiger partial charge in [0.05, 0.1) is 6.04 Å². The van der Waals surface area contributed by atoms with Gasteiger partial charge in [-0.3, -0.25) is 4.40 Å². The molecule has 3 atom stereocenters. The van der Waals surface area contributed by atoms with Gasteiger partial charge in [-0.05, 0) is 38.5 Å². The number of rotatable bonds is 1. The predicted octanol–water partition coefficient (Wildman–Crippen LogP) is 2.42. The second-order valence-electron chi connectivity index (χ2n) is 6.26. The Labute approximate surface area is 118 Å². The van der Waals surface area contributed by atoms with Gasteiger partial charge >= 0.3 is 0 Å². The SMILES string of the molecule is Cc1cc2nnc(C3CCC4CCCCC4N3)n2cn1. The molecule has 4 rings (SSSR count). The highest BCUT2D eigenvalue weighted by Crippen LogP contribution is 2.36. The summed E-state index contributed by atoms with van der Waals surface area (Å²) in [5, 5.41) is 12.5. The lowest BCUT2D eigenvalue weighted by Crippen LogP contribution is -2.45. The van der Waals surface area contributed by atoms with Crippen LogP contribution in [0.1, 0.15) is 56.1 Å². The Morgan fingerprint density at radius 1 is 1.15 bits per heavy atom. The summed E-state index contributed by atoms with van der Waals surface area (Å²) in [5.74, 6) is 1.90. The van der Waals surface area contributed by atoms with Crippen LogP contribution in [0.4, 0.5) is 0 Å². The molecule has 2 aromatic rings. The molecule has 0 bridgehead atoms. The van der Waals surface area contributed by atoms with Gasteiger partial charge in [0, 0.05) is 17.8 Å². The minimum atomic E-state index is 0.328. The average molecular weight is 271 g/mol. The minimum Gasteiger partial charge on any atom is -0.304 e. The van der Waals surface area contributed by atoms with Crippen LogP contribution in [0.15, 0.2) is 12.4 Å². The first-order chi connectivity index (χ1) is 9.81. The molecule has 1 saturated carbocycles. The third kappa shape index (κ3) is 2.00. The molecular formula is C15H21N5. The minimum absolute atomic E-state index is 0.328. The van der Waals surface area contributed by atoms with Crippen molar-refractivity contribution in [2.75, 3.05) is 0 Å².